The maximum Gasteiger partial charge on any atom is 0.290 e. The van der Waals surface area contributed by atoms with Crippen LogP contribution in [0.5, 0.6) is 0 Å². The van der Waals surface area contributed by atoms with Crippen LogP contribution in [0.4, 0.5) is 0 Å². The summed E-state index contributed by atoms with van der Waals surface area (Å²) in [6.07, 6.45) is -1.05. The molecule has 0 fully saturated rings. The van der Waals surface area contributed by atoms with Crippen molar-refractivity contribution in [2.75, 3.05) is 6.54 Å². The largest absolute Gasteiger partial charge is 0.382 e. The Hall–Kier alpha value is -1.47. The number of aliphatic hydroxyl groups excluding tert-OH is 1. The Morgan fingerprint density at radius 1 is 1.75 bits per heavy atom. The molecule has 0 radical (unpaired) electrons. The van der Waals surface area contributed by atoms with Gasteiger partial charge in [-0.15, -0.1) is 0 Å². The minimum atomic E-state index is -1.05. The van der Waals surface area contributed by atoms with Gasteiger partial charge in [-0.05, 0) is 0 Å². The molecule has 0 aromatic carbocycles. The molecule has 1 aromatic heterocycles. The molecular weight excluding hydrogens is 164 g/mol. The summed E-state index contributed by atoms with van der Waals surface area (Å²) < 4.78 is 4.49. The van der Waals surface area contributed by atoms with Crippen molar-refractivity contribution in [2.45, 2.75) is 6.10 Å². The molecule has 1 heterocycles. The predicted molar refractivity (Wildman–Crippen MR) is 36.8 cm³/mol. The first kappa shape index (κ1) is 8.62. The lowest BCUT2D eigenvalue weighted by molar-refractivity contribution is 0.0987. The highest BCUT2D eigenvalue weighted by atomic mass is 16.5. The van der Waals surface area contributed by atoms with E-state index in [0.717, 1.165) is 0 Å². The topological polar surface area (TPSA) is 128 Å². The zero-order valence-corrected chi connectivity index (χ0v) is 6.10. The summed E-state index contributed by atoms with van der Waals surface area (Å²) in [5.74, 6) is -1.18. The molecule has 0 unspecified atom stereocenters. The third-order valence-electron chi connectivity index (χ3n) is 1.17. The Morgan fingerprint density at radius 3 is 2.83 bits per heavy atom. The predicted octanol–water partition coefficient (Wildman–Crippen LogP) is -1.84. The maximum absolute atomic E-state index is 10.4. The van der Waals surface area contributed by atoms with Gasteiger partial charge in [-0.2, -0.15) is 4.98 Å². The molecule has 12 heavy (non-hydrogen) atoms. The molecular formula is C5H8N4O3. The second-order valence-corrected chi connectivity index (χ2v) is 2.07. The van der Waals surface area contributed by atoms with Crippen molar-refractivity contribution in [1.29, 1.82) is 0 Å². The molecule has 1 amide bonds. The van der Waals surface area contributed by atoms with Crippen LogP contribution in [0.2, 0.25) is 0 Å². The van der Waals surface area contributed by atoms with Crippen LogP contribution in [0.1, 0.15) is 22.6 Å². The average Bonchev–Trinajstić information content (AvgIpc) is 2.51. The summed E-state index contributed by atoms with van der Waals surface area (Å²) in [5, 5.41) is 12.3. The SMILES string of the molecule is NC[C@H](O)c1nc(C(N)=O)no1. The zero-order chi connectivity index (χ0) is 9.14. The Labute approximate surface area is 67.3 Å². The fraction of sp³-hybridized carbons (Fsp3) is 0.400. The number of nitrogens with two attached hydrogens (primary N) is 2. The van der Waals surface area contributed by atoms with Gasteiger partial charge < -0.3 is 21.1 Å². The smallest absolute Gasteiger partial charge is 0.290 e. The first-order valence-electron chi connectivity index (χ1n) is 3.16. The van der Waals surface area contributed by atoms with Crippen molar-refractivity contribution in [3.8, 4) is 0 Å². The van der Waals surface area contributed by atoms with Crippen molar-refractivity contribution in [2.24, 2.45) is 11.5 Å². The van der Waals surface area contributed by atoms with Crippen LogP contribution in [-0.2, 0) is 0 Å². The molecule has 0 aliphatic heterocycles. The average molecular weight is 172 g/mol. The van der Waals surface area contributed by atoms with E-state index in [1.165, 1.54) is 0 Å². The molecule has 0 spiro atoms. The molecule has 5 N–H and O–H groups in total. The van der Waals surface area contributed by atoms with Gasteiger partial charge in [0.15, 0.2) is 0 Å². The van der Waals surface area contributed by atoms with E-state index in [1.54, 1.807) is 0 Å². The molecule has 66 valence electrons. The Bertz CT molecular complexity index is 284. The highest BCUT2D eigenvalue weighted by Gasteiger charge is 2.16. The van der Waals surface area contributed by atoms with Gasteiger partial charge in [-0.1, -0.05) is 5.16 Å². The van der Waals surface area contributed by atoms with Crippen molar-refractivity contribution in [3.05, 3.63) is 11.7 Å². The highest BCUT2D eigenvalue weighted by molar-refractivity contribution is 5.88. The van der Waals surface area contributed by atoms with Crippen molar-refractivity contribution < 1.29 is 14.4 Å². The van der Waals surface area contributed by atoms with Gasteiger partial charge in [-0.3, -0.25) is 4.79 Å². The van der Waals surface area contributed by atoms with Crippen molar-refractivity contribution in [3.63, 3.8) is 0 Å². The molecule has 0 bridgehead atoms. The summed E-state index contributed by atoms with van der Waals surface area (Å²) in [6, 6.07) is 0. The van der Waals surface area contributed by atoms with E-state index in [9.17, 15) is 4.79 Å². The number of primary amides is 1. The number of nitrogens with zero attached hydrogens (tertiary/aromatic N) is 2. The molecule has 0 aliphatic carbocycles. The van der Waals surface area contributed by atoms with Crippen LogP contribution in [0, 0.1) is 0 Å². The van der Waals surface area contributed by atoms with Crippen LogP contribution in [-0.4, -0.2) is 27.7 Å². The second-order valence-electron chi connectivity index (χ2n) is 2.07. The molecule has 1 rings (SSSR count). The molecule has 7 heteroatoms. The van der Waals surface area contributed by atoms with Gasteiger partial charge in [0.05, 0.1) is 0 Å². The molecule has 1 aromatic rings. The third kappa shape index (κ3) is 1.57. The van der Waals surface area contributed by atoms with Crippen LogP contribution in [0.15, 0.2) is 4.52 Å². The lowest BCUT2D eigenvalue weighted by Crippen LogP contribution is -2.14. The Morgan fingerprint density at radius 2 is 2.42 bits per heavy atom. The van der Waals surface area contributed by atoms with E-state index in [0.29, 0.717) is 0 Å². The first-order valence-corrected chi connectivity index (χ1v) is 3.16. The molecule has 0 aliphatic rings. The third-order valence-corrected chi connectivity index (χ3v) is 1.17. The summed E-state index contributed by atoms with van der Waals surface area (Å²) in [6.45, 7) is -0.0552. The quantitative estimate of drug-likeness (QED) is 0.491. The van der Waals surface area contributed by atoms with E-state index >= 15 is 0 Å². The minimum Gasteiger partial charge on any atom is -0.382 e. The lowest BCUT2D eigenvalue weighted by atomic mass is 10.4. The van der Waals surface area contributed by atoms with Gasteiger partial charge in [0, 0.05) is 6.54 Å². The van der Waals surface area contributed by atoms with Crippen LogP contribution in [0.3, 0.4) is 0 Å². The van der Waals surface area contributed by atoms with E-state index in [4.69, 9.17) is 16.6 Å². The number of carbonyl (C=O) groups is 1. The van der Waals surface area contributed by atoms with Gasteiger partial charge in [0.1, 0.15) is 6.10 Å². The monoisotopic (exact) mass is 172 g/mol. The fourth-order valence-electron chi connectivity index (χ4n) is 0.571. The number of aromatic nitrogens is 2. The second kappa shape index (κ2) is 3.28. The molecule has 0 saturated carbocycles. The van der Waals surface area contributed by atoms with Crippen molar-refractivity contribution >= 4 is 5.91 Å². The van der Waals surface area contributed by atoms with Crippen LogP contribution in [0.25, 0.3) is 0 Å². The number of aliphatic hydroxyl groups is 1. The van der Waals surface area contributed by atoms with Gasteiger partial charge in [0.25, 0.3) is 17.6 Å². The van der Waals surface area contributed by atoms with Crippen LogP contribution < -0.4 is 11.5 Å². The summed E-state index contributed by atoms with van der Waals surface area (Å²) in [5.41, 5.74) is 9.93. The fourth-order valence-corrected chi connectivity index (χ4v) is 0.571. The van der Waals surface area contributed by atoms with E-state index in [1.807, 2.05) is 0 Å². The summed E-state index contributed by atoms with van der Waals surface area (Å²) in [4.78, 5) is 13.9. The summed E-state index contributed by atoms with van der Waals surface area (Å²) >= 11 is 0. The minimum absolute atomic E-state index is 0.0552. The van der Waals surface area contributed by atoms with Gasteiger partial charge in [-0.25, -0.2) is 0 Å². The molecule has 0 saturated heterocycles. The van der Waals surface area contributed by atoms with E-state index in [-0.39, 0.29) is 18.3 Å². The van der Waals surface area contributed by atoms with E-state index in [2.05, 4.69) is 14.7 Å². The van der Waals surface area contributed by atoms with Gasteiger partial charge in [0.2, 0.25) is 0 Å². The van der Waals surface area contributed by atoms with Gasteiger partial charge >= 0.3 is 0 Å². The molecule has 7 nitrogen and oxygen atoms in total. The number of rotatable bonds is 3. The number of carbonyl (C=O) groups excluding carboxylic acids is 1. The lowest BCUT2D eigenvalue weighted by Gasteiger charge is -1.97. The number of amides is 1. The molecule has 1 atom stereocenters. The maximum atomic E-state index is 10.4. The standard InChI is InChI=1S/C5H8N4O3/c6-1-2(10)5-8-4(3(7)11)9-12-5/h2,10H,1,6H2,(H2,7,11)/t2-/m0/s1. The number of hydrogen-bond donors (Lipinski definition) is 3. The van der Waals surface area contributed by atoms with Crippen molar-refractivity contribution in [1.82, 2.24) is 10.1 Å². The zero-order valence-electron chi connectivity index (χ0n) is 6.10. The summed E-state index contributed by atoms with van der Waals surface area (Å²) in [7, 11) is 0. The Kier molecular flexibility index (Phi) is 2.36. The van der Waals surface area contributed by atoms with Crippen LogP contribution >= 0.6 is 0 Å². The Balaban J connectivity index is 2.84. The van der Waals surface area contributed by atoms with E-state index < -0.39 is 12.0 Å². The first-order chi connectivity index (χ1) is 5.65. The highest BCUT2D eigenvalue weighted by Crippen LogP contribution is 2.07. The normalized spacial score (nSPS) is 12.8. The number of hydrogen-bond acceptors (Lipinski definition) is 6.